The van der Waals surface area contributed by atoms with Gasteiger partial charge in [-0.15, -0.1) is 0 Å². The van der Waals surface area contributed by atoms with Crippen molar-refractivity contribution in [1.29, 1.82) is 0 Å². The SMILES string of the molecule is CCN(CC(=O)Nc1ccc(C(N)=O)cc1)S(=O)(=O)c1ccc(F)cc1. The Balaban J connectivity index is 2.09. The lowest BCUT2D eigenvalue weighted by Crippen LogP contribution is -2.37. The van der Waals surface area contributed by atoms with Gasteiger partial charge >= 0.3 is 0 Å². The molecule has 0 unspecified atom stereocenters. The molecule has 0 aromatic heterocycles. The number of primary amides is 1. The minimum absolute atomic E-state index is 0.0632. The highest BCUT2D eigenvalue weighted by molar-refractivity contribution is 7.89. The summed E-state index contributed by atoms with van der Waals surface area (Å²) in [5.41, 5.74) is 5.83. The Kier molecular flexibility index (Phi) is 6.06. The van der Waals surface area contributed by atoms with Crippen molar-refractivity contribution < 1.29 is 22.4 Å². The van der Waals surface area contributed by atoms with Crippen LogP contribution in [0.25, 0.3) is 0 Å². The van der Waals surface area contributed by atoms with Crippen molar-refractivity contribution in [2.24, 2.45) is 5.73 Å². The molecule has 2 amide bonds. The van der Waals surface area contributed by atoms with Crippen LogP contribution >= 0.6 is 0 Å². The molecule has 7 nitrogen and oxygen atoms in total. The van der Waals surface area contributed by atoms with Crippen molar-refractivity contribution in [3.05, 3.63) is 59.9 Å². The lowest BCUT2D eigenvalue weighted by atomic mass is 10.2. The zero-order chi connectivity index (χ0) is 19.3. The molecule has 0 heterocycles. The second-order valence-electron chi connectivity index (χ2n) is 5.37. The summed E-state index contributed by atoms with van der Waals surface area (Å²) in [4.78, 5) is 23.1. The first-order chi connectivity index (χ1) is 12.2. The molecule has 2 aromatic carbocycles. The van der Waals surface area contributed by atoms with Crippen LogP contribution in [0.3, 0.4) is 0 Å². The van der Waals surface area contributed by atoms with Crippen molar-refractivity contribution in [1.82, 2.24) is 4.31 Å². The predicted octanol–water partition coefficient (Wildman–Crippen LogP) is 1.57. The second-order valence-corrected chi connectivity index (χ2v) is 7.31. The van der Waals surface area contributed by atoms with Gasteiger partial charge < -0.3 is 11.1 Å². The van der Waals surface area contributed by atoms with Gasteiger partial charge in [0.15, 0.2) is 0 Å². The van der Waals surface area contributed by atoms with E-state index in [1.807, 2.05) is 0 Å². The van der Waals surface area contributed by atoms with Gasteiger partial charge in [-0.3, -0.25) is 9.59 Å². The van der Waals surface area contributed by atoms with Crippen LogP contribution in [0.15, 0.2) is 53.4 Å². The highest BCUT2D eigenvalue weighted by Crippen LogP contribution is 2.16. The molecular formula is C17H18FN3O4S. The van der Waals surface area contributed by atoms with Gasteiger partial charge in [0, 0.05) is 17.8 Å². The fourth-order valence-corrected chi connectivity index (χ4v) is 3.61. The van der Waals surface area contributed by atoms with Gasteiger partial charge in [0.1, 0.15) is 5.82 Å². The van der Waals surface area contributed by atoms with E-state index < -0.39 is 34.2 Å². The van der Waals surface area contributed by atoms with Gasteiger partial charge in [-0.1, -0.05) is 6.92 Å². The van der Waals surface area contributed by atoms with Crippen molar-refractivity contribution in [3.63, 3.8) is 0 Å². The van der Waals surface area contributed by atoms with E-state index >= 15 is 0 Å². The first kappa shape index (κ1) is 19.5. The summed E-state index contributed by atoms with van der Waals surface area (Å²) in [6.45, 7) is 1.25. The van der Waals surface area contributed by atoms with Crippen LogP contribution < -0.4 is 11.1 Å². The molecule has 138 valence electrons. The summed E-state index contributed by atoms with van der Waals surface area (Å²) in [5.74, 6) is -1.70. The van der Waals surface area contributed by atoms with Crippen molar-refractivity contribution >= 4 is 27.5 Å². The third-order valence-electron chi connectivity index (χ3n) is 3.58. The molecule has 0 radical (unpaired) electrons. The third-order valence-corrected chi connectivity index (χ3v) is 5.51. The quantitative estimate of drug-likeness (QED) is 0.761. The average molecular weight is 379 g/mol. The topological polar surface area (TPSA) is 110 Å². The van der Waals surface area contributed by atoms with E-state index in [1.165, 1.54) is 24.3 Å². The molecule has 2 rings (SSSR count). The molecule has 0 fully saturated rings. The molecule has 0 saturated carbocycles. The molecular weight excluding hydrogens is 361 g/mol. The number of nitrogens with two attached hydrogens (primary N) is 1. The normalized spacial score (nSPS) is 11.3. The maximum Gasteiger partial charge on any atom is 0.248 e. The molecule has 9 heteroatoms. The number of nitrogens with zero attached hydrogens (tertiary/aromatic N) is 1. The minimum atomic E-state index is -3.93. The maximum absolute atomic E-state index is 13.0. The van der Waals surface area contributed by atoms with E-state index in [0.717, 1.165) is 28.6 Å². The number of halogens is 1. The van der Waals surface area contributed by atoms with E-state index in [1.54, 1.807) is 6.92 Å². The molecule has 0 aliphatic rings. The fourth-order valence-electron chi connectivity index (χ4n) is 2.20. The van der Waals surface area contributed by atoms with Crippen LogP contribution in [-0.2, 0) is 14.8 Å². The van der Waals surface area contributed by atoms with Crippen molar-refractivity contribution in [2.45, 2.75) is 11.8 Å². The minimum Gasteiger partial charge on any atom is -0.366 e. The maximum atomic E-state index is 13.0. The Morgan fingerprint density at radius 3 is 2.15 bits per heavy atom. The number of rotatable bonds is 7. The lowest BCUT2D eigenvalue weighted by molar-refractivity contribution is -0.116. The number of likely N-dealkylation sites (N-methyl/N-ethyl adjacent to an activating group) is 1. The standard InChI is InChI=1S/C17H18FN3O4S/c1-2-21(26(24,25)15-9-5-13(18)6-10-15)11-16(22)20-14-7-3-12(4-8-14)17(19)23/h3-10H,2,11H2,1H3,(H2,19,23)(H,20,22). The van der Waals surface area contributed by atoms with E-state index in [-0.39, 0.29) is 17.0 Å². The number of sulfonamides is 1. The number of benzene rings is 2. The fraction of sp³-hybridized carbons (Fsp3) is 0.176. The van der Waals surface area contributed by atoms with E-state index in [9.17, 15) is 22.4 Å². The van der Waals surface area contributed by atoms with Crippen LogP contribution in [0.5, 0.6) is 0 Å². The Morgan fingerprint density at radius 2 is 1.65 bits per heavy atom. The summed E-state index contributed by atoms with van der Waals surface area (Å²) < 4.78 is 39.1. The summed E-state index contributed by atoms with van der Waals surface area (Å²) in [5, 5.41) is 2.55. The van der Waals surface area contributed by atoms with Gasteiger partial charge in [0.25, 0.3) is 0 Å². The first-order valence-corrected chi connectivity index (χ1v) is 9.13. The summed E-state index contributed by atoms with van der Waals surface area (Å²) in [6, 6.07) is 10.3. The Labute approximate surface area is 150 Å². The van der Waals surface area contributed by atoms with Crippen molar-refractivity contribution in [3.8, 4) is 0 Å². The van der Waals surface area contributed by atoms with Crippen LogP contribution in [0, 0.1) is 5.82 Å². The molecule has 0 aliphatic heterocycles. The third kappa shape index (κ3) is 4.64. The Hall–Kier alpha value is -2.78. The van der Waals surface area contributed by atoms with E-state index in [4.69, 9.17) is 5.73 Å². The zero-order valence-corrected chi connectivity index (χ0v) is 14.8. The molecule has 0 bridgehead atoms. The second kappa shape index (κ2) is 8.07. The highest BCUT2D eigenvalue weighted by atomic mass is 32.2. The number of hydrogen-bond donors (Lipinski definition) is 2. The zero-order valence-electron chi connectivity index (χ0n) is 14.0. The van der Waals surface area contributed by atoms with Gasteiger partial charge in [-0.25, -0.2) is 12.8 Å². The summed E-state index contributed by atoms with van der Waals surface area (Å²) in [6.07, 6.45) is 0. The van der Waals surface area contributed by atoms with E-state index in [2.05, 4.69) is 5.32 Å². The molecule has 0 aliphatic carbocycles. The molecule has 3 N–H and O–H groups in total. The van der Waals surface area contributed by atoms with Crippen LogP contribution in [0.2, 0.25) is 0 Å². The van der Waals surface area contributed by atoms with Crippen LogP contribution in [0.4, 0.5) is 10.1 Å². The molecule has 2 aromatic rings. The number of amides is 2. The molecule has 0 spiro atoms. The summed E-state index contributed by atoms with van der Waals surface area (Å²) in [7, 11) is -3.93. The van der Waals surface area contributed by atoms with Crippen molar-refractivity contribution in [2.75, 3.05) is 18.4 Å². The van der Waals surface area contributed by atoms with Gasteiger partial charge in [0.2, 0.25) is 21.8 Å². The highest BCUT2D eigenvalue weighted by Gasteiger charge is 2.25. The lowest BCUT2D eigenvalue weighted by Gasteiger charge is -2.20. The smallest absolute Gasteiger partial charge is 0.248 e. The number of nitrogens with one attached hydrogen (secondary N) is 1. The molecule has 26 heavy (non-hydrogen) atoms. The van der Waals surface area contributed by atoms with E-state index in [0.29, 0.717) is 5.69 Å². The Bertz CT molecular complexity index is 897. The van der Waals surface area contributed by atoms with Gasteiger partial charge in [0.05, 0.1) is 11.4 Å². The molecule has 0 saturated heterocycles. The monoisotopic (exact) mass is 379 g/mol. The van der Waals surface area contributed by atoms with Crippen LogP contribution in [-0.4, -0.2) is 37.6 Å². The largest absolute Gasteiger partial charge is 0.366 e. The number of carbonyl (C=O) groups is 2. The predicted molar refractivity (Wildman–Crippen MR) is 94.4 cm³/mol. The molecule has 0 atom stereocenters. The number of anilines is 1. The number of carbonyl (C=O) groups excluding carboxylic acids is 2. The van der Waals surface area contributed by atoms with Gasteiger partial charge in [-0.2, -0.15) is 4.31 Å². The van der Waals surface area contributed by atoms with Crippen LogP contribution in [0.1, 0.15) is 17.3 Å². The Morgan fingerprint density at radius 1 is 1.08 bits per heavy atom. The average Bonchev–Trinajstić information content (AvgIpc) is 2.60. The summed E-state index contributed by atoms with van der Waals surface area (Å²) >= 11 is 0. The first-order valence-electron chi connectivity index (χ1n) is 7.69. The van der Waals surface area contributed by atoms with Gasteiger partial charge in [-0.05, 0) is 48.5 Å². The number of hydrogen-bond acceptors (Lipinski definition) is 4.